The molecule has 0 N–H and O–H groups in total. The highest BCUT2D eigenvalue weighted by Crippen LogP contribution is 2.11. The van der Waals surface area contributed by atoms with Gasteiger partial charge in [-0.25, -0.2) is 0 Å². The third-order valence-corrected chi connectivity index (χ3v) is 4.28. The molecule has 1 aromatic heterocycles. The third kappa shape index (κ3) is 4.09. The van der Waals surface area contributed by atoms with Crippen LogP contribution in [0.2, 0.25) is 0 Å². The van der Waals surface area contributed by atoms with Gasteiger partial charge in [0.25, 0.3) is 0 Å². The van der Waals surface area contributed by atoms with Crippen LogP contribution in [0.25, 0.3) is 0 Å². The van der Waals surface area contributed by atoms with Crippen molar-refractivity contribution in [2.75, 3.05) is 45.8 Å². The largest absolute Gasteiger partial charge is 0.300 e. The zero-order valence-corrected chi connectivity index (χ0v) is 12.8. The zero-order chi connectivity index (χ0) is 14.7. The number of rotatable bonds is 2. The molecule has 1 aromatic rings. The summed E-state index contributed by atoms with van der Waals surface area (Å²) in [6, 6.07) is 6.26. The number of nitrogens with zero attached hydrogens (tertiary/aromatic N) is 4. The Kier molecular flexibility index (Phi) is 4.63. The first-order chi connectivity index (χ1) is 10.2. The van der Waals surface area contributed by atoms with Crippen molar-refractivity contribution < 1.29 is 4.79 Å². The first kappa shape index (κ1) is 14.6. The molecule has 1 fully saturated rings. The van der Waals surface area contributed by atoms with E-state index in [2.05, 4.69) is 32.9 Å². The predicted octanol–water partition coefficient (Wildman–Crippen LogP) is 0.604. The number of Topliss-reactive ketones (excluding diaryl/α,β-unsaturated/α-hetero) is 1. The van der Waals surface area contributed by atoms with Crippen LogP contribution in [0.3, 0.4) is 0 Å². The number of piperazine rings is 1. The van der Waals surface area contributed by atoms with E-state index in [1.54, 1.807) is 6.92 Å². The highest BCUT2D eigenvalue weighted by molar-refractivity contribution is 5.77. The fraction of sp³-hybridized carbons (Fsp3) is 0.625. The summed E-state index contributed by atoms with van der Waals surface area (Å²) in [6.45, 7) is 10.3. The summed E-state index contributed by atoms with van der Waals surface area (Å²) in [5, 5.41) is 0. The Morgan fingerprint density at radius 3 is 2.33 bits per heavy atom. The molecular formula is C16H24N4O. The van der Waals surface area contributed by atoms with E-state index in [4.69, 9.17) is 4.98 Å². The van der Waals surface area contributed by atoms with Gasteiger partial charge in [0.15, 0.2) is 0 Å². The van der Waals surface area contributed by atoms with Crippen LogP contribution >= 0.6 is 0 Å². The molecule has 21 heavy (non-hydrogen) atoms. The van der Waals surface area contributed by atoms with Crippen molar-refractivity contribution in [1.82, 2.24) is 19.7 Å². The van der Waals surface area contributed by atoms with Crippen molar-refractivity contribution in [1.29, 1.82) is 0 Å². The number of pyridine rings is 1. The van der Waals surface area contributed by atoms with Crippen LogP contribution in [0.5, 0.6) is 0 Å². The number of hydrogen-bond acceptors (Lipinski definition) is 5. The summed E-state index contributed by atoms with van der Waals surface area (Å²) >= 11 is 0. The molecule has 0 saturated carbocycles. The van der Waals surface area contributed by atoms with Crippen molar-refractivity contribution in [2.24, 2.45) is 0 Å². The topological polar surface area (TPSA) is 39.7 Å². The van der Waals surface area contributed by atoms with Crippen LogP contribution in [0.1, 0.15) is 18.3 Å². The van der Waals surface area contributed by atoms with Crippen LogP contribution in [-0.2, 0) is 17.9 Å². The van der Waals surface area contributed by atoms with Gasteiger partial charge in [0.2, 0.25) is 0 Å². The van der Waals surface area contributed by atoms with Crippen molar-refractivity contribution in [2.45, 2.75) is 20.0 Å². The van der Waals surface area contributed by atoms with Crippen LogP contribution in [-0.4, -0.2) is 71.3 Å². The van der Waals surface area contributed by atoms with Gasteiger partial charge in [-0.15, -0.1) is 0 Å². The first-order valence-electron chi connectivity index (χ1n) is 7.80. The minimum Gasteiger partial charge on any atom is -0.300 e. The minimum absolute atomic E-state index is 0.225. The normalized spacial score (nSPS) is 26.9. The second kappa shape index (κ2) is 6.64. The maximum atomic E-state index is 11.5. The van der Waals surface area contributed by atoms with Gasteiger partial charge in [0, 0.05) is 52.4 Å². The quantitative estimate of drug-likeness (QED) is 0.797. The lowest BCUT2D eigenvalue weighted by atomic mass is 10.2. The highest BCUT2D eigenvalue weighted by Gasteiger charge is 2.20. The monoisotopic (exact) mass is 288 g/mol. The molecule has 0 unspecified atom stereocenters. The number of carbonyl (C=O) groups excluding carboxylic acids is 1. The smallest absolute Gasteiger partial charge is 0.143 e. The number of ketones is 1. The molecule has 0 spiro atoms. The summed E-state index contributed by atoms with van der Waals surface area (Å²) in [5.74, 6) is 0.225. The van der Waals surface area contributed by atoms with E-state index in [1.807, 2.05) is 0 Å². The molecule has 114 valence electrons. The molecule has 5 heteroatoms. The average molecular weight is 288 g/mol. The molecule has 1 saturated heterocycles. The van der Waals surface area contributed by atoms with Crippen molar-refractivity contribution >= 4 is 5.78 Å². The summed E-state index contributed by atoms with van der Waals surface area (Å²) in [5.41, 5.74) is 2.21. The lowest BCUT2D eigenvalue weighted by Crippen LogP contribution is -2.48. The molecular weight excluding hydrogens is 264 g/mol. The molecule has 5 nitrogen and oxygen atoms in total. The zero-order valence-electron chi connectivity index (χ0n) is 12.8. The van der Waals surface area contributed by atoms with E-state index in [1.165, 1.54) is 0 Å². The summed E-state index contributed by atoms with van der Waals surface area (Å²) in [7, 11) is 0. The van der Waals surface area contributed by atoms with Gasteiger partial charge >= 0.3 is 0 Å². The van der Waals surface area contributed by atoms with E-state index >= 15 is 0 Å². The van der Waals surface area contributed by atoms with Gasteiger partial charge in [-0.3, -0.25) is 24.5 Å². The standard InChI is InChI=1S/C16H24N4O/c1-14(21)11-20-10-7-18-5-8-19(9-6-18)12-15-3-2-4-16(13-20)17-15/h2-4H,5-13H2,1H3. The summed E-state index contributed by atoms with van der Waals surface area (Å²) in [4.78, 5) is 23.5. The van der Waals surface area contributed by atoms with Crippen molar-refractivity contribution in [3.8, 4) is 0 Å². The highest BCUT2D eigenvalue weighted by atomic mass is 16.1. The molecule has 0 radical (unpaired) electrons. The van der Waals surface area contributed by atoms with E-state index in [9.17, 15) is 4.79 Å². The molecule has 0 atom stereocenters. The molecule has 0 aliphatic carbocycles. The average Bonchev–Trinajstić information content (AvgIpc) is 2.45. The van der Waals surface area contributed by atoms with Crippen LogP contribution in [0.15, 0.2) is 18.2 Å². The summed E-state index contributed by atoms with van der Waals surface area (Å²) in [6.07, 6.45) is 0. The molecule has 3 aliphatic heterocycles. The van der Waals surface area contributed by atoms with Gasteiger partial charge in [0.05, 0.1) is 17.9 Å². The SMILES string of the molecule is CC(=O)CN1CCN2CCN(CC2)Cc2cccc(n2)C1. The molecule has 0 aromatic carbocycles. The van der Waals surface area contributed by atoms with E-state index in [-0.39, 0.29) is 5.78 Å². The Morgan fingerprint density at radius 2 is 1.62 bits per heavy atom. The Bertz CT molecular complexity index is 497. The van der Waals surface area contributed by atoms with Gasteiger partial charge in [-0.1, -0.05) is 6.07 Å². The Balaban J connectivity index is 1.81. The second-order valence-corrected chi connectivity index (χ2v) is 6.15. The fourth-order valence-corrected chi connectivity index (χ4v) is 3.15. The predicted molar refractivity (Wildman–Crippen MR) is 81.9 cm³/mol. The maximum Gasteiger partial charge on any atom is 0.143 e. The van der Waals surface area contributed by atoms with E-state index in [0.29, 0.717) is 6.54 Å². The van der Waals surface area contributed by atoms with Gasteiger partial charge in [-0.2, -0.15) is 0 Å². The Morgan fingerprint density at radius 1 is 1.00 bits per heavy atom. The molecule has 4 rings (SSSR count). The second-order valence-electron chi connectivity index (χ2n) is 6.15. The van der Waals surface area contributed by atoms with Gasteiger partial charge in [-0.05, 0) is 19.1 Å². The van der Waals surface area contributed by atoms with Gasteiger partial charge in [0.1, 0.15) is 5.78 Å². The maximum absolute atomic E-state index is 11.5. The van der Waals surface area contributed by atoms with Gasteiger partial charge < -0.3 is 0 Å². The van der Waals surface area contributed by atoms with Crippen molar-refractivity contribution in [3.05, 3.63) is 29.6 Å². The van der Waals surface area contributed by atoms with Crippen LogP contribution in [0, 0.1) is 0 Å². The lowest BCUT2D eigenvalue weighted by molar-refractivity contribution is -0.118. The van der Waals surface area contributed by atoms with E-state index in [0.717, 1.165) is 63.7 Å². The first-order valence-corrected chi connectivity index (χ1v) is 7.80. The molecule has 3 aliphatic rings. The minimum atomic E-state index is 0.225. The number of hydrogen-bond donors (Lipinski definition) is 0. The molecule has 4 heterocycles. The molecule has 0 amide bonds. The number of fused-ring (bicyclic) bond motifs is 5. The van der Waals surface area contributed by atoms with Crippen LogP contribution in [0.4, 0.5) is 0 Å². The van der Waals surface area contributed by atoms with Crippen LogP contribution < -0.4 is 0 Å². The fourth-order valence-electron chi connectivity index (χ4n) is 3.15. The van der Waals surface area contributed by atoms with E-state index < -0.39 is 0 Å². The molecule has 4 bridgehead atoms. The third-order valence-electron chi connectivity index (χ3n) is 4.28. The Hall–Kier alpha value is -1.30. The number of aromatic nitrogens is 1. The Labute approximate surface area is 126 Å². The van der Waals surface area contributed by atoms with Crippen molar-refractivity contribution in [3.63, 3.8) is 0 Å². The summed E-state index contributed by atoms with van der Waals surface area (Å²) < 4.78 is 0. The number of carbonyl (C=O) groups is 1. The lowest BCUT2D eigenvalue weighted by Gasteiger charge is -2.36.